The van der Waals surface area contributed by atoms with Crippen molar-refractivity contribution in [3.8, 4) is 0 Å². The van der Waals surface area contributed by atoms with Crippen LogP contribution in [0.4, 0.5) is 0 Å². The summed E-state index contributed by atoms with van der Waals surface area (Å²) in [6.45, 7) is 1.84. The first-order valence-corrected chi connectivity index (χ1v) is 6.18. The van der Waals surface area contributed by atoms with Gasteiger partial charge in [-0.3, -0.25) is 14.5 Å². The number of rotatable bonds is 1. The summed E-state index contributed by atoms with van der Waals surface area (Å²) < 4.78 is 29.6. The molecule has 0 radical (unpaired) electrons. The van der Waals surface area contributed by atoms with Crippen molar-refractivity contribution in [1.82, 2.24) is 9.97 Å². The van der Waals surface area contributed by atoms with E-state index in [0.29, 0.717) is 0 Å². The maximum Gasteiger partial charge on any atom is 0.294 e. The van der Waals surface area contributed by atoms with Crippen LogP contribution in [0.1, 0.15) is 5.56 Å². The molecule has 0 bridgehead atoms. The number of nitrogens with zero attached hydrogens (tertiary/aromatic N) is 2. The lowest BCUT2D eigenvalue weighted by atomic mass is 10.2. The van der Waals surface area contributed by atoms with E-state index in [-0.39, 0.29) is 4.90 Å². The van der Waals surface area contributed by atoms with Crippen LogP contribution < -0.4 is 0 Å². The molecule has 2 rings (SSSR count). The third-order valence-corrected chi connectivity index (χ3v) is 2.66. The van der Waals surface area contributed by atoms with Crippen LogP contribution >= 0.6 is 0 Å². The molecule has 90 valence electrons. The van der Waals surface area contributed by atoms with Crippen LogP contribution in [0.5, 0.6) is 0 Å². The standard InChI is InChI=1S/C7H8O3S.C4H4N2/c1-6-2-4-7(5-3-6)11(8,9)10;1-2-6-4-3-5-1/h2-5H,1H3,(H,8,9,10);1-4H. The van der Waals surface area contributed by atoms with Crippen LogP contribution in [-0.4, -0.2) is 22.9 Å². The maximum atomic E-state index is 10.5. The lowest BCUT2D eigenvalue weighted by Crippen LogP contribution is -1.96. The van der Waals surface area contributed by atoms with Crippen LogP contribution in [0.25, 0.3) is 0 Å². The first-order valence-electron chi connectivity index (χ1n) is 4.74. The Morgan fingerprint density at radius 2 is 1.35 bits per heavy atom. The SMILES string of the molecule is Cc1ccc(S(=O)(=O)O)cc1.c1cnccn1. The Balaban J connectivity index is 0.000000202. The van der Waals surface area contributed by atoms with Crippen LogP contribution in [0, 0.1) is 6.92 Å². The fourth-order valence-corrected chi connectivity index (χ4v) is 1.44. The average molecular weight is 252 g/mol. The molecule has 2 aromatic rings. The molecule has 17 heavy (non-hydrogen) atoms. The van der Waals surface area contributed by atoms with E-state index in [9.17, 15) is 8.42 Å². The Morgan fingerprint density at radius 3 is 1.65 bits per heavy atom. The fourth-order valence-electron chi connectivity index (χ4n) is 0.964. The second kappa shape index (κ2) is 6.07. The van der Waals surface area contributed by atoms with Crippen LogP contribution in [0.15, 0.2) is 53.9 Å². The van der Waals surface area contributed by atoms with E-state index in [0.717, 1.165) is 5.56 Å². The van der Waals surface area contributed by atoms with Gasteiger partial charge in [0.05, 0.1) is 4.90 Å². The van der Waals surface area contributed by atoms with E-state index >= 15 is 0 Å². The van der Waals surface area contributed by atoms with Gasteiger partial charge < -0.3 is 0 Å². The van der Waals surface area contributed by atoms with Gasteiger partial charge in [0.25, 0.3) is 10.1 Å². The van der Waals surface area contributed by atoms with Crippen molar-refractivity contribution in [2.24, 2.45) is 0 Å². The second-order valence-electron chi connectivity index (χ2n) is 3.18. The third-order valence-electron chi connectivity index (χ3n) is 1.80. The summed E-state index contributed by atoms with van der Waals surface area (Å²) >= 11 is 0. The molecule has 0 saturated carbocycles. The smallest absolute Gasteiger partial charge is 0.282 e. The van der Waals surface area contributed by atoms with Gasteiger partial charge in [0, 0.05) is 24.8 Å². The molecular formula is C11H12N2O3S. The zero-order chi connectivity index (χ0) is 12.7. The molecule has 0 amide bonds. The zero-order valence-corrected chi connectivity index (χ0v) is 10.0. The molecule has 0 aliphatic rings. The van der Waals surface area contributed by atoms with Crippen molar-refractivity contribution in [3.63, 3.8) is 0 Å². The molecule has 0 unspecified atom stereocenters. The highest BCUT2D eigenvalue weighted by Crippen LogP contribution is 2.08. The molecule has 6 heteroatoms. The Morgan fingerprint density at radius 1 is 0.941 bits per heavy atom. The normalized spacial score (nSPS) is 10.2. The summed E-state index contributed by atoms with van der Waals surface area (Å²) in [6.07, 6.45) is 6.56. The van der Waals surface area contributed by atoms with Gasteiger partial charge in [-0.2, -0.15) is 8.42 Å². The molecule has 0 fully saturated rings. The molecule has 5 nitrogen and oxygen atoms in total. The van der Waals surface area contributed by atoms with Gasteiger partial charge in [0.15, 0.2) is 0 Å². The number of benzene rings is 1. The van der Waals surface area contributed by atoms with Gasteiger partial charge in [0.1, 0.15) is 0 Å². The van der Waals surface area contributed by atoms with E-state index in [1.54, 1.807) is 36.9 Å². The first kappa shape index (κ1) is 13.3. The van der Waals surface area contributed by atoms with Crippen molar-refractivity contribution in [3.05, 3.63) is 54.6 Å². The van der Waals surface area contributed by atoms with Crippen molar-refractivity contribution in [2.45, 2.75) is 11.8 Å². The maximum absolute atomic E-state index is 10.5. The summed E-state index contributed by atoms with van der Waals surface area (Å²) in [6, 6.07) is 5.99. The number of aryl methyl sites for hydroxylation is 1. The summed E-state index contributed by atoms with van der Waals surface area (Å²) in [7, 11) is -4.02. The van der Waals surface area contributed by atoms with E-state index in [4.69, 9.17) is 4.55 Å². The van der Waals surface area contributed by atoms with Gasteiger partial charge in [-0.05, 0) is 19.1 Å². The predicted molar refractivity (Wildman–Crippen MR) is 63.0 cm³/mol. The molecule has 0 atom stereocenters. The minimum atomic E-state index is -4.02. The Hall–Kier alpha value is -1.79. The average Bonchev–Trinajstić information content (AvgIpc) is 2.31. The third kappa shape index (κ3) is 5.19. The van der Waals surface area contributed by atoms with Crippen LogP contribution in [0.2, 0.25) is 0 Å². The molecule has 0 spiro atoms. The van der Waals surface area contributed by atoms with Crippen molar-refractivity contribution >= 4 is 10.1 Å². The predicted octanol–water partition coefficient (Wildman–Crippen LogP) is 1.72. The molecule has 0 aliphatic heterocycles. The monoisotopic (exact) mass is 252 g/mol. The van der Waals surface area contributed by atoms with E-state index in [1.807, 2.05) is 6.92 Å². The van der Waals surface area contributed by atoms with Crippen molar-refractivity contribution < 1.29 is 13.0 Å². The summed E-state index contributed by atoms with van der Waals surface area (Å²) in [5.41, 5.74) is 0.956. The molecule has 1 aromatic carbocycles. The van der Waals surface area contributed by atoms with Crippen LogP contribution in [-0.2, 0) is 10.1 Å². The molecule has 1 heterocycles. The highest BCUT2D eigenvalue weighted by atomic mass is 32.2. The van der Waals surface area contributed by atoms with Gasteiger partial charge in [-0.1, -0.05) is 17.7 Å². The van der Waals surface area contributed by atoms with Crippen LogP contribution in [0.3, 0.4) is 0 Å². The fraction of sp³-hybridized carbons (Fsp3) is 0.0909. The van der Waals surface area contributed by atoms with Crippen molar-refractivity contribution in [2.75, 3.05) is 0 Å². The molecular weight excluding hydrogens is 240 g/mol. The summed E-state index contributed by atoms with van der Waals surface area (Å²) in [4.78, 5) is 7.38. The topological polar surface area (TPSA) is 80.2 Å². The summed E-state index contributed by atoms with van der Waals surface area (Å²) in [5.74, 6) is 0. The van der Waals surface area contributed by atoms with Gasteiger partial charge in [-0.25, -0.2) is 0 Å². The first-order chi connectivity index (χ1) is 8.00. The quantitative estimate of drug-likeness (QED) is 0.781. The minimum absolute atomic E-state index is 0.0666. The van der Waals surface area contributed by atoms with Gasteiger partial charge >= 0.3 is 0 Å². The number of hydrogen-bond acceptors (Lipinski definition) is 4. The van der Waals surface area contributed by atoms with E-state index in [2.05, 4.69) is 9.97 Å². The lowest BCUT2D eigenvalue weighted by molar-refractivity contribution is 0.483. The highest BCUT2D eigenvalue weighted by Gasteiger charge is 2.06. The van der Waals surface area contributed by atoms with E-state index in [1.165, 1.54) is 12.1 Å². The zero-order valence-electron chi connectivity index (χ0n) is 9.19. The van der Waals surface area contributed by atoms with E-state index < -0.39 is 10.1 Å². The number of aromatic nitrogens is 2. The molecule has 0 saturated heterocycles. The Labute approximate surface area is 99.9 Å². The minimum Gasteiger partial charge on any atom is -0.282 e. The lowest BCUT2D eigenvalue weighted by Gasteiger charge is -1.95. The highest BCUT2D eigenvalue weighted by molar-refractivity contribution is 7.85. The summed E-state index contributed by atoms with van der Waals surface area (Å²) in [5, 5.41) is 0. The van der Waals surface area contributed by atoms with Gasteiger partial charge in [-0.15, -0.1) is 0 Å². The van der Waals surface area contributed by atoms with Crippen molar-refractivity contribution in [1.29, 1.82) is 0 Å². The molecule has 0 aliphatic carbocycles. The largest absolute Gasteiger partial charge is 0.294 e. The van der Waals surface area contributed by atoms with Gasteiger partial charge in [0.2, 0.25) is 0 Å². The molecule has 1 aromatic heterocycles. The number of hydrogen-bond donors (Lipinski definition) is 1. The second-order valence-corrected chi connectivity index (χ2v) is 4.60. The Kier molecular flexibility index (Phi) is 4.74. The molecule has 1 N–H and O–H groups in total. The Bertz CT molecular complexity index is 512.